The molecule has 0 fully saturated rings. The number of para-hydroxylation sites is 1. The van der Waals surface area contributed by atoms with Crippen molar-refractivity contribution >= 4 is 22.7 Å². The Morgan fingerprint density at radius 1 is 1.24 bits per heavy atom. The summed E-state index contributed by atoms with van der Waals surface area (Å²) in [5, 5.41) is 15.2. The van der Waals surface area contributed by atoms with E-state index in [1.807, 2.05) is 56.3 Å². The second-order valence-electron chi connectivity index (χ2n) is 6.90. The van der Waals surface area contributed by atoms with Crippen LogP contribution in [-0.2, 0) is 13.0 Å². The van der Waals surface area contributed by atoms with Crippen molar-refractivity contribution in [3.05, 3.63) is 65.7 Å². The number of aryl methyl sites for hydroxylation is 2. The van der Waals surface area contributed by atoms with Gasteiger partial charge in [0.2, 0.25) is 0 Å². The van der Waals surface area contributed by atoms with E-state index in [4.69, 9.17) is 4.42 Å². The zero-order valence-corrected chi connectivity index (χ0v) is 16.6. The highest BCUT2D eigenvalue weighted by molar-refractivity contribution is 5.90. The lowest BCUT2D eigenvalue weighted by atomic mass is 10.1. The zero-order valence-electron chi connectivity index (χ0n) is 16.6. The molecule has 0 saturated heterocycles. The molecular formula is C21H22N6O2. The SMILES string of the molecule is CCc1oc2ccccc2c1CN(C)C(=O)Nc1ccc(C)c(-n2cnnn2)c1. The number of furan rings is 1. The molecule has 0 spiro atoms. The molecule has 0 saturated carbocycles. The summed E-state index contributed by atoms with van der Waals surface area (Å²) < 4.78 is 7.51. The topological polar surface area (TPSA) is 89.1 Å². The first-order valence-electron chi connectivity index (χ1n) is 9.42. The minimum atomic E-state index is -0.205. The molecule has 8 nitrogen and oxygen atoms in total. The molecule has 148 valence electrons. The number of benzene rings is 2. The van der Waals surface area contributed by atoms with Gasteiger partial charge in [0.05, 0.1) is 12.2 Å². The van der Waals surface area contributed by atoms with Crippen molar-refractivity contribution in [3.8, 4) is 5.69 Å². The Balaban J connectivity index is 1.53. The van der Waals surface area contributed by atoms with E-state index in [0.717, 1.165) is 40.0 Å². The van der Waals surface area contributed by atoms with E-state index in [0.29, 0.717) is 12.2 Å². The number of carbonyl (C=O) groups excluding carboxylic acids is 1. The maximum absolute atomic E-state index is 12.8. The van der Waals surface area contributed by atoms with Gasteiger partial charge in [-0.25, -0.2) is 9.48 Å². The molecule has 0 bridgehead atoms. The normalized spacial score (nSPS) is 11.0. The number of anilines is 1. The molecule has 4 rings (SSSR count). The Morgan fingerprint density at radius 2 is 2.07 bits per heavy atom. The van der Waals surface area contributed by atoms with Gasteiger partial charge >= 0.3 is 6.03 Å². The summed E-state index contributed by atoms with van der Waals surface area (Å²) in [5.41, 5.74) is 4.37. The van der Waals surface area contributed by atoms with Crippen LogP contribution in [0.4, 0.5) is 10.5 Å². The summed E-state index contributed by atoms with van der Waals surface area (Å²) >= 11 is 0. The molecule has 0 unspecified atom stereocenters. The van der Waals surface area contributed by atoms with Gasteiger partial charge in [-0.1, -0.05) is 31.2 Å². The fourth-order valence-corrected chi connectivity index (χ4v) is 3.34. The highest BCUT2D eigenvalue weighted by Crippen LogP contribution is 2.27. The summed E-state index contributed by atoms with van der Waals surface area (Å²) in [4.78, 5) is 14.4. The van der Waals surface area contributed by atoms with Crippen LogP contribution in [0, 0.1) is 6.92 Å². The summed E-state index contributed by atoms with van der Waals surface area (Å²) in [6, 6.07) is 13.3. The monoisotopic (exact) mass is 390 g/mol. The third-order valence-electron chi connectivity index (χ3n) is 4.90. The molecule has 4 aromatic rings. The van der Waals surface area contributed by atoms with Gasteiger partial charge in [0.25, 0.3) is 0 Å². The number of aromatic nitrogens is 4. The van der Waals surface area contributed by atoms with E-state index in [9.17, 15) is 4.79 Å². The third-order valence-corrected chi connectivity index (χ3v) is 4.90. The van der Waals surface area contributed by atoms with Crippen LogP contribution in [-0.4, -0.2) is 38.2 Å². The van der Waals surface area contributed by atoms with E-state index in [1.165, 1.54) is 6.33 Å². The molecule has 0 aliphatic rings. The Hall–Kier alpha value is -3.68. The molecule has 1 N–H and O–H groups in total. The third kappa shape index (κ3) is 3.69. The Labute approximate surface area is 168 Å². The lowest BCUT2D eigenvalue weighted by molar-refractivity contribution is 0.220. The average molecular weight is 390 g/mol. The first kappa shape index (κ1) is 18.7. The summed E-state index contributed by atoms with van der Waals surface area (Å²) in [6.45, 7) is 4.47. The van der Waals surface area contributed by atoms with Gasteiger partial charge in [-0.15, -0.1) is 5.10 Å². The predicted molar refractivity (Wildman–Crippen MR) is 110 cm³/mol. The maximum Gasteiger partial charge on any atom is 0.321 e. The molecule has 29 heavy (non-hydrogen) atoms. The number of nitrogens with zero attached hydrogens (tertiary/aromatic N) is 5. The number of hydrogen-bond acceptors (Lipinski definition) is 5. The number of nitrogens with one attached hydrogen (secondary N) is 1. The van der Waals surface area contributed by atoms with Gasteiger partial charge in [-0.2, -0.15) is 0 Å². The first-order valence-corrected chi connectivity index (χ1v) is 9.42. The number of hydrogen-bond donors (Lipinski definition) is 1. The van der Waals surface area contributed by atoms with Crippen LogP contribution in [0.5, 0.6) is 0 Å². The van der Waals surface area contributed by atoms with Crippen LogP contribution in [0.25, 0.3) is 16.7 Å². The van der Waals surface area contributed by atoms with Crippen LogP contribution >= 0.6 is 0 Å². The van der Waals surface area contributed by atoms with Crippen LogP contribution in [0.1, 0.15) is 23.8 Å². The molecule has 2 heterocycles. The smallest absolute Gasteiger partial charge is 0.321 e. The highest BCUT2D eigenvalue weighted by atomic mass is 16.3. The van der Waals surface area contributed by atoms with Gasteiger partial charge in [0.1, 0.15) is 17.7 Å². The fourth-order valence-electron chi connectivity index (χ4n) is 3.34. The average Bonchev–Trinajstić information content (AvgIpc) is 3.37. The minimum Gasteiger partial charge on any atom is -0.461 e. The molecular weight excluding hydrogens is 368 g/mol. The predicted octanol–water partition coefficient (Wildman–Crippen LogP) is 3.94. The van der Waals surface area contributed by atoms with Crippen molar-refractivity contribution in [1.82, 2.24) is 25.1 Å². The number of tetrazole rings is 1. The van der Waals surface area contributed by atoms with Crippen molar-refractivity contribution in [2.75, 3.05) is 12.4 Å². The van der Waals surface area contributed by atoms with E-state index in [-0.39, 0.29) is 6.03 Å². The van der Waals surface area contributed by atoms with Crippen LogP contribution in [0.2, 0.25) is 0 Å². The number of urea groups is 1. The lowest BCUT2D eigenvalue weighted by Gasteiger charge is -2.19. The summed E-state index contributed by atoms with van der Waals surface area (Å²) in [5.74, 6) is 0.905. The fraction of sp³-hybridized carbons (Fsp3) is 0.238. The van der Waals surface area contributed by atoms with Gasteiger partial charge in [0, 0.05) is 30.1 Å². The van der Waals surface area contributed by atoms with Crippen LogP contribution in [0.15, 0.2) is 53.2 Å². The Bertz CT molecular complexity index is 1150. The van der Waals surface area contributed by atoms with Crippen LogP contribution in [0.3, 0.4) is 0 Å². The maximum atomic E-state index is 12.8. The van der Waals surface area contributed by atoms with Crippen molar-refractivity contribution in [3.63, 3.8) is 0 Å². The molecule has 0 aliphatic carbocycles. The molecule has 2 aromatic heterocycles. The molecule has 8 heteroatoms. The van der Waals surface area contributed by atoms with Gasteiger partial charge < -0.3 is 14.6 Å². The largest absolute Gasteiger partial charge is 0.461 e. The molecule has 0 aliphatic heterocycles. The number of carbonyl (C=O) groups is 1. The quantitative estimate of drug-likeness (QED) is 0.557. The molecule has 0 radical (unpaired) electrons. The lowest BCUT2D eigenvalue weighted by Crippen LogP contribution is -2.31. The van der Waals surface area contributed by atoms with Crippen molar-refractivity contribution in [1.29, 1.82) is 0 Å². The highest BCUT2D eigenvalue weighted by Gasteiger charge is 2.17. The van der Waals surface area contributed by atoms with Gasteiger partial charge in [-0.3, -0.25) is 0 Å². The Kier molecular flexibility index (Phi) is 4.99. The molecule has 2 amide bonds. The van der Waals surface area contributed by atoms with Gasteiger partial charge in [-0.05, 0) is 41.1 Å². The van der Waals surface area contributed by atoms with Crippen LogP contribution < -0.4 is 5.32 Å². The van der Waals surface area contributed by atoms with Crippen molar-refractivity contribution in [2.45, 2.75) is 26.8 Å². The summed E-state index contributed by atoms with van der Waals surface area (Å²) in [6.07, 6.45) is 2.29. The first-order chi connectivity index (χ1) is 14.1. The summed E-state index contributed by atoms with van der Waals surface area (Å²) in [7, 11) is 1.77. The number of fused-ring (bicyclic) bond motifs is 1. The molecule has 0 atom stereocenters. The van der Waals surface area contributed by atoms with E-state index >= 15 is 0 Å². The number of rotatable bonds is 5. The van der Waals surface area contributed by atoms with E-state index in [2.05, 4.69) is 20.8 Å². The number of amides is 2. The van der Waals surface area contributed by atoms with Gasteiger partial charge in [0.15, 0.2) is 0 Å². The second-order valence-corrected chi connectivity index (χ2v) is 6.90. The Morgan fingerprint density at radius 3 is 2.83 bits per heavy atom. The van der Waals surface area contributed by atoms with E-state index in [1.54, 1.807) is 16.6 Å². The molecule has 2 aromatic carbocycles. The van der Waals surface area contributed by atoms with E-state index < -0.39 is 0 Å². The van der Waals surface area contributed by atoms with Crippen molar-refractivity contribution < 1.29 is 9.21 Å². The zero-order chi connectivity index (χ0) is 20.4. The van der Waals surface area contributed by atoms with Crippen molar-refractivity contribution in [2.24, 2.45) is 0 Å². The minimum absolute atomic E-state index is 0.205. The second kappa shape index (κ2) is 7.75. The standard InChI is InChI=1S/C21H22N6O2/c1-4-19-17(16-7-5-6-8-20(16)29-19)12-26(3)21(28)23-15-10-9-14(2)18(11-15)27-13-22-24-25-27/h5-11,13H,4,12H2,1-3H3,(H,23,28).